The lowest BCUT2D eigenvalue weighted by molar-refractivity contribution is -0.188. The van der Waals surface area contributed by atoms with Crippen molar-refractivity contribution in [3.05, 3.63) is 35.9 Å². The second-order valence-corrected chi connectivity index (χ2v) is 10.9. The van der Waals surface area contributed by atoms with Crippen LogP contribution in [0.25, 0.3) is 0 Å². The Hall–Kier alpha value is -2.45. The summed E-state index contributed by atoms with van der Waals surface area (Å²) in [5.74, 6) is -2.07. The minimum absolute atomic E-state index is 0.106. The van der Waals surface area contributed by atoms with E-state index in [2.05, 4.69) is 5.32 Å². The Bertz CT molecular complexity index is 876. The molecule has 36 heavy (non-hydrogen) atoms. The van der Waals surface area contributed by atoms with E-state index >= 15 is 0 Å². The first-order chi connectivity index (χ1) is 16.8. The lowest BCUT2D eigenvalue weighted by Crippen LogP contribution is -2.61. The molecule has 1 fully saturated rings. The molecule has 0 saturated heterocycles. The zero-order chi connectivity index (χ0) is 27.1. The van der Waals surface area contributed by atoms with Crippen LogP contribution in [0.15, 0.2) is 30.3 Å². The van der Waals surface area contributed by atoms with E-state index in [4.69, 9.17) is 9.47 Å². The quantitative estimate of drug-likeness (QED) is 0.445. The summed E-state index contributed by atoms with van der Waals surface area (Å²) in [6, 6.07) is 7.50. The Morgan fingerprint density at radius 1 is 1.06 bits per heavy atom. The van der Waals surface area contributed by atoms with E-state index < -0.39 is 41.1 Å². The first kappa shape index (κ1) is 29.8. The number of likely N-dealkylation sites (N-methyl/N-ethyl adjacent to an activating group) is 2. The van der Waals surface area contributed by atoms with E-state index in [1.54, 1.807) is 21.0 Å². The van der Waals surface area contributed by atoms with E-state index in [0.717, 1.165) is 37.7 Å². The van der Waals surface area contributed by atoms with E-state index in [1.165, 1.54) is 18.7 Å². The van der Waals surface area contributed by atoms with Crippen molar-refractivity contribution in [3.8, 4) is 0 Å². The van der Waals surface area contributed by atoms with Gasteiger partial charge >= 0.3 is 11.9 Å². The SMILES string of the molecule is CN[C@H](C(=O)O[C@](C)(C(=O)N(C)[C@H](C(=O)OCc1ccccc1)C(C)C)C1CCCCC1)C(C)(C)O. The third-order valence-corrected chi connectivity index (χ3v) is 7.19. The summed E-state index contributed by atoms with van der Waals surface area (Å²) < 4.78 is 11.6. The van der Waals surface area contributed by atoms with Crippen molar-refractivity contribution in [2.24, 2.45) is 11.8 Å². The van der Waals surface area contributed by atoms with Crippen LogP contribution in [-0.4, -0.2) is 65.2 Å². The second-order valence-electron chi connectivity index (χ2n) is 10.9. The van der Waals surface area contributed by atoms with Crippen molar-refractivity contribution in [1.29, 1.82) is 0 Å². The van der Waals surface area contributed by atoms with Gasteiger partial charge < -0.3 is 24.8 Å². The Balaban J connectivity index is 2.31. The lowest BCUT2D eigenvalue weighted by atomic mass is 9.76. The highest BCUT2D eigenvalue weighted by atomic mass is 16.6. The molecule has 8 nitrogen and oxygen atoms in total. The number of amides is 1. The molecule has 2 N–H and O–H groups in total. The van der Waals surface area contributed by atoms with Gasteiger partial charge in [-0.25, -0.2) is 4.79 Å². The van der Waals surface area contributed by atoms with Crippen molar-refractivity contribution < 1.29 is 29.0 Å². The molecule has 0 aromatic heterocycles. The monoisotopic (exact) mass is 504 g/mol. The number of nitrogens with zero attached hydrogens (tertiary/aromatic N) is 1. The molecule has 1 saturated carbocycles. The summed E-state index contributed by atoms with van der Waals surface area (Å²) in [6.07, 6.45) is 4.40. The van der Waals surface area contributed by atoms with Crippen molar-refractivity contribution in [2.45, 2.75) is 96.6 Å². The highest BCUT2D eigenvalue weighted by Gasteiger charge is 2.50. The number of benzene rings is 1. The van der Waals surface area contributed by atoms with E-state index in [-0.39, 0.29) is 18.4 Å². The van der Waals surface area contributed by atoms with Gasteiger partial charge in [-0.05, 0) is 52.1 Å². The summed E-state index contributed by atoms with van der Waals surface area (Å²) in [7, 11) is 3.13. The molecule has 3 atom stereocenters. The Morgan fingerprint density at radius 3 is 2.14 bits per heavy atom. The molecule has 0 bridgehead atoms. The highest BCUT2D eigenvalue weighted by Crippen LogP contribution is 2.37. The number of ether oxygens (including phenoxy) is 2. The molecule has 0 aliphatic heterocycles. The van der Waals surface area contributed by atoms with Crippen molar-refractivity contribution >= 4 is 17.8 Å². The minimum Gasteiger partial charge on any atom is -0.459 e. The van der Waals surface area contributed by atoms with Crippen LogP contribution in [0, 0.1) is 11.8 Å². The fourth-order valence-corrected chi connectivity index (χ4v) is 5.15. The highest BCUT2D eigenvalue weighted by molar-refractivity contribution is 5.92. The molecule has 1 aromatic carbocycles. The van der Waals surface area contributed by atoms with Crippen LogP contribution >= 0.6 is 0 Å². The van der Waals surface area contributed by atoms with Gasteiger partial charge in [-0.15, -0.1) is 0 Å². The topological polar surface area (TPSA) is 105 Å². The zero-order valence-electron chi connectivity index (χ0n) is 22.9. The van der Waals surface area contributed by atoms with Crippen LogP contribution in [0.1, 0.15) is 72.3 Å². The summed E-state index contributed by atoms with van der Waals surface area (Å²) in [4.78, 5) is 41.8. The van der Waals surface area contributed by atoms with E-state index in [1.807, 2.05) is 44.2 Å². The molecule has 0 radical (unpaired) electrons. The van der Waals surface area contributed by atoms with Gasteiger partial charge in [-0.3, -0.25) is 9.59 Å². The summed E-state index contributed by atoms with van der Waals surface area (Å²) in [5, 5.41) is 13.3. The van der Waals surface area contributed by atoms with Gasteiger partial charge in [-0.1, -0.05) is 63.4 Å². The molecule has 1 aromatic rings. The molecule has 1 amide bonds. The molecule has 2 rings (SSSR count). The number of aliphatic hydroxyl groups is 1. The number of esters is 2. The average molecular weight is 505 g/mol. The molecule has 0 heterocycles. The van der Waals surface area contributed by atoms with Gasteiger partial charge in [-0.2, -0.15) is 0 Å². The van der Waals surface area contributed by atoms with Crippen LogP contribution in [0.5, 0.6) is 0 Å². The van der Waals surface area contributed by atoms with Gasteiger partial charge in [0.25, 0.3) is 5.91 Å². The standard InChI is InChI=1S/C28H44N2O6/c1-19(2)22(24(31)35-18-20-14-10-8-11-15-20)30(7)26(33)28(5,21-16-12-9-13-17-21)36-25(32)23(29-6)27(3,4)34/h8,10-11,14-15,19,21-23,29,34H,9,12-13,16-18H2,1-7H3/t22-,23+,28-/m0/s1. The second kappa shape index (κ2) is 12.7. The van der Waals surface area contributed by atoms with Gasteiger partial charge in [0, 0.05) is 13.0 Å². The predicted octanol–water partition coefficient (Wildman–Crippen LogP) is 3.45. The first-order valence-electron chi connectivity index (χ1n) is 12.9. The molecule has 1 aliphatic carbocycles. The van der Waals surface area contributed by atoms with Crippen LogP contribution in [0.2, 0.25) is 0 Å². The molecule has 0 unspecified atom stereocenters. The minimum atomic E-state index is -1.49. The van der Waals surface area contributed by atoms with Crippen LogP contribution in [0.4, 0.5) is 0 Å². The van der Waals surface area contributed by atoms with Crippen molar-refractivity contribution in [3.63, 3.8) is 0 Å². The summed E-state index contributed by atoms with van der Waals surface area (Å²) in [5.41, 5.74) is -2.02. The Kier molecular flexibility index (Phi) is 10.5. The van der Waals surface area contributed by atoms with Crippen LogP contribution in [-0.2, 0) is 30.5 Å². The maximum Gasteiger partial charge on any atom is 0.329 e. The fraction of sp³-hybridized carbons (Fsp3) is 0.679. The van der Waals surface area contributed by atoms with E-state index in [0.29, 0.717) is 0 Å². The molecule has 8 heteroatoms. The normalized spacial score (nSPS) is 18.1. The number of nitrogens with one attached hydrogen (secondary N) is 1. The number of hydrogen-bond acceptors (Lipinski definition) is 7. The largest absolute Gasteiger partial charge is 0.459 e. The molecular weight excluding hydrogens is 460 g/mol. The van der Waals surface area contributed by atoms with Crippen molar-refractivity contribution in [2.75, 3.05) is 14.1 Å². The lowest BCUT2D eigenvalue weighted by Gasteiger charge is -2.43. The summed E-state index contributed by atoms with van der Waals surface area (Å²) >= 11 is 0. The molecular formula is C28H44N2O6. The van der Waals surface area contributed by atoms with Gasteiger partial charge in [0.1, 0.15) is 18.7 Å². The van der Waals surface area contributed by atoms with Gasteiger partial charge in [0.05, 0.1) is 5.60 Å². The number of rotatable bonds is 11. The Morgan fingerprint density at radius 2 is 1.64 bits per heavy atom. The van der Waals surface area contributed by atoms with Crippen LogP contribution < -0.4 is 5.32 Å². The maximum absolute atomic E-state index is 14.0. The third kappa shape index (κ3) is 7.29. The fourth-order valence-electron chi connectivity index (χ4n) is 5.15. The molecule has 0 spiro atoms. The van der Waals surface area contributed by atoms with Gasteiger partial charge in [0.15, 0.2) is 5.60 Å². The Labute approximate surface area is 215 Å². The first-order valence-corrected chi connectivity index (χ1v) is 12.9. The van der Waals surface area contributed by atoms with Gasteiger partial charge in [0.2, 0.25) is 0 Å². The molecule has 202 valence electrons. The predicted molar refractivity (Wildman–Crippen MR) is 138 cm³/mol. The van der Waals surface area contributed by atoms with Crippen LogP contribution in [0.3, 0.4) is 0 Å². The number of carbonyl (C=O) groups excluding carboxylic acids is 3. The number of hydrogen-bond donors (Lipinski definition) is 2. The number of carbonyl (C=O) groups is 3. The van der Waals surface area contributed by atoms with E-state index in [9.17, 15) is 19.5 Å². The summed E-state index contributed by atoms with van der Waals surface area (Å²) in [6.45, 7) is 8.48. The smallest absolute Gasteiger partial charge is 0.329 e. The molecule has 1 aliphatic rings. The maximum atomic E-state index is 14.0. The zero-order valence-corrected chi connectivity index (χ0v) is 22.9. The van der Waals surface area contributed by atoms with Crippen molar-refractivity contribution in [1.82, 2.24) is 10.2 Å². The third-order valence-electron chi connectivity index (χ3n) is 7.19. The average Bonchev–Trinajstić information content (AvgIpc) is 2.82.